The number of rotatable bonds is 6. The summed E-state index contributed by atoms with van der Waals surface area (Å²) < 4.78 is 5.89. The summed E-state index contributed by atoms with van der Waals surface area (Å²) in [6.45, 7) is 3.98. The van der Waals surface area contributed by atoms with Crippen molar-refractivity contribution in [1.82, 2.24) is 20.8 Å². The summed E-state index contributed by atoms with van der Waals surface area (Å²) >= 11 is 6.12. The van der Waals surface area contributed by atoms with Crippen molar-refractivity contribution in [2.75, 3.05) is 13.1 Å². The Morgan fingerprint density at radius 1 is 1.46 bits per heavy atom. The molecule has 6 nitrogen and oxygen atoms in total. The van der Waals surface area contributed by atoms with E-state index in [0.29, 0.717) is 29.6 Å². The van der Waals surface area contributed by atoms with Gasteiger partial charge in [0.15, 0.2) is 5.69 Å². The van der Waals surface area contributed by atoms with Crippen LogP contribution in [-0.4, -0.2) is 35.3 Å². The number of nitrogens with zero attached hydrogens (tertiary/aromatic N) is 1. The monoisotopic (exact) mass is 348 g/mol. The molecule has 0 saturated heterocycles. The van der Waals surface area contributed by atoms with Gasteiger partial charge in [-0.1, -0.05) is 30.7 Å². The Labute approximate surface area is 145 Å². The van der Waals surface area contributed by atoms with Crippen LogP contribution in [0.4, 0.5) is 0 Å². The zero-order chi connectivity index (χ0) is 16.9. The first-order valence-electron chi connectivity index (χ1n) is 8.15. The minimum Gasteiger partial charge on any atom is -0.487 e. The first-order valence-corrected chi connectivity index (χ1v) is 8.53. The van der Waals surface area contributed by atoms with Crippen molar-refractivity contribution in [3.8, 4) is 5.75 Å². The van der Waals surface area contributed by atoms with Gasteiger partial charge in [0.05, 0.1) is 11.6 Å². The second-order valence-electron chi connectivity index (χ2n) is 5.74. The smallest absolute Gasteiger partial charge is 0.272 e. The number of benzene rings is 1. The van der Waals surface area contributed by atoms with Crippen molar-refractivity contribution in [2.24, 2.45) is 0 Å². The maximum absolute atomic E-state index is 12.4. The van der Waals surface area contributed by atoms with Gasteiger partial charge in [-0.2, -0.15) is 5.10 Å². The van der Waals surface area contributed by atoms with E-state index in [9.17, 15) is 4.79 Å². The van der Waals surface area contributed by atoms with Gasteiger partial charge in [0.25, 0.3) is 5.91 Å². The normalized spacial score (nSPS) is 14.8. The first-order chi connectivity index (χ1) is 11.7. The van der Waals surface area contributed by atoms with Gasteiger partial charge in [0.2, 0.25) is 0 Å². The van der Waals surface area contributed by atoms with E-state index in [0.717, 1.165) is 30.6 Å². The zero-order valence-corrected chi connectivity index (χ0v) is 14.3. The average Bonchev–Trinajstić information content (AvgIpc) is 3.04. The highest BCUT2D eigenvalue weighted by Gasteiger charge is 2.22. The van der Waals surface area contributed by atoms with Crippen LogP contribution in [0.5, 0.6) is 5.75 Å². The molecule has 0 fully saturated rings. The Balaban J connectivity index is 1.60. The second-order valence-corrected chi connectivity index (χ2v) is 6.15. The molecule has 3 N–H and O–H groups in total. The van der Waals surface area contributed by atoms with Crippen molar-refractivity contribution in [1.29, 1.82) is 0 Å². The molecule has 1 atom stereocenters. The minimum absolute atomic E-state index is 0.151. The molecule has 7 heteroatoms. The second kappa shape index (κ2) is 7.68. The van der Waals surface area contributed by atoms with Crippen LogP contribution in [0.2, 0.25) is 5.02 Å². The number of hydrogen-bond acceptors (Lipinski definition) is 4. The molecule has 1 aliphatic rings. The van der Waals surface area contributed by atoms with E-state index in [1.54, 1.807) is 6.07 Å². The lowest BCUT2D eigenvalue weighted by atomic mass is 10.1. The van der Waals surface area contributed by atoms with E-state index >= 15 is 0 Å². The van der Waals surface area contributed by atoms with Crippen molar-refractivity contribution in [3.05, 3.63) is 46.2 Å². The molecule has 3 rings (SSSR count). The topological polar surface area (TPSA) is 79.0 Å². The average molecular weight is 349 g/mol. The number of nitrogens with one attached hydrogen (secondary N) is 3. The number of fused-ring (bicyclic) bond motifs is 1. The quantitative estimate of drug-likeness (QED) is 0.748. The van der Waals surface area contributed by atoms with E-state index in [1.807, 2.05) is 25.1 Å². The molecule has 1 aromatic heterocycles. The fourth-order valence-electron chi connectivity index (χ4n) is 2.69. The molecule has 128 valence electrons. The highest BCUT2D eigenvalue weighted by molar-refractivity contribution is 6.32. The molecule has 2 heterocycles. The SMILES string of the molecule is CC[C@H](CNC(=O)c1n[nH]c2c1CNCC2)Oc1ccccc1Cl. The Morgan fingerprint density at radius 3 is 3.08 bits per heavy atom. The maximum Gasteiger partial charge on any atom is 0.272 e. The van der Waals surface area contributed by atoms with E-state index in [1.165, 1.54) is 0 Å². The van der Waals surface area contributed by atoms with Gasteiger partial charge in [-0.25, -0.2) is 0 Å². The Bertz CT molecular complexity index is 716. The minimum atomic E-state index is -0.183. The highest BCUT2D eigenvalue weighted by atomic mass is 35.5. The fraction of sp³-hybridized carbons (Fsp3) is 0.412. The molecule has 0 aliphatic carbocycles. The van der Waals surface area contributed by atoms with E-state index in [2.05, 4.69) is 20.8 Å². The van der Waals surface area contributed by atoms with Gasteiger partial charge in [0.1, 0.15) is 11.9 Å². The molecule has 0 radical (unpaired) electrons. The summed E-state index contributed by atoms with van der Waals surface area (Å²) in [5.41, 5.74) is 2.46. The summed E-state index contributed by atoms with van der Waals surface area (Å²) in [6.07, 6.45) is 1.47. The predicted octanol–water partition coefficient (Wildman–Crippen LogP) is 2.30. The van der Waals surface area contributed by atoms with Gasteiger partial charge in [0, 0.05) is 30.8 Å². The molecule has 24 heavy (non-hydrogen) atoms. The third-order valence-electron chi connectivity index (χ3n) is 4.10. The molecule has 1 amide bonds. The molecule has 0 saturated carbocycles. The van der Waals surface area contributed by atoms with E-state index < -0.39 is 0 Å². The molecule has 2 aromatic rings. The molecule has 0 spiro atoms. The Morgan fingerprint density at radius 2 is 2.29 bits per heavy atom. The number of hydrogen-bond donors (Lipinski definition) is 3. The number of aromatic nitrogens is 2. The molecular weight excluding hydrogens is 328 g/mol. The van der Waals surface area contributed by atoms with Gasteiger partial charge in [-0.05, 0) is 18.6 Å². The summed E-state index contributed by atoms with van der Waals surface area (Å²) in [4.78, 5) is 12.4. The lowest BCUT2D eigenvalue weighted by Gasteiger charge is -2.19. The summed E-state index contributed by atoms with van der Waals surface area (Å²) in [7, 11) is 0. The molecular formula is C17H21ClN4O2. The number of para-hydroxylation sites is 1. The van der Waals surface area contributed by atoms with Crippen molar-refractivity contribution in [3.63, 3.8) is 0 Å². The van der Waals surface area contributed by atoms with Gasteiger partial charge < -0.3 is 15.4 Å². The van der Waals surface area contributed by atoms with Crippen LogP contribution in [0.25, 0.3) is 0 Å². The number of amides is 1. The summed E-state index contributed by atoms with van der Waals surface area (Å²) in [6, 6.07) is 7.33. The largest absolute Gasteiger partial charge is 0.487 e. The van der Waals surface area contributed by atoms with Crippen LogP contribution in [0, 0.1) is 0 Å². The Kier molecular flexibility index (Phi) is 5.37. The number of halogens is 1. The number of carbonyl (C=O) groups is 1. The third kappa shape index (κ3) is 3.71. The first kappa shape index (κ1) is 16.8. The number of carbonyl (C=O) groups excluding carboxylic acids is 1. The summed E-state index contributed by atoms with van der Waals surface area (Å²) in [5.74, 6) is 0.444. The molecule has 0 unspecified atom stereocenters. The lowest BCUT2D eigenvalue weighted by molar-refractivity contribution is 0.0920. The number of H-pyrrole nitrogens is 1. The van der Waals surface area contributed by atoms with Crippen molar-refractivity contribution in [2.45, 2.75) is 32.4 Å². The Hall–Kier alpha value is -2.05. The number of ether oxygens (including phenoxy) is 1. The standard InChI is InChI=1S/C17H21ClN4O2/c1-2-11(24-15-6-4-3-5-13(15)18)9-20-17(23)16-12-10-19-8-7-14(12)21-22-16/h3-6,11,19H,2,7-10H2,1H3,(H,20,23)(H,21,22)/t11-/m1/s1. The van der Waals surface area contributed by atoms with Crippen molar-refractivity contribution < 1.29 is 9.53 Å². The predicted molar refractivity (Wildman–Crippen MR) is 92.5 cm³/mol. The van der Waals surface area contributed by atoms with Crippen LogP contribution < -0.4 is 15.4 Å². The maximum atomic E-state index is 12.4. The number of aromatic amines is 1. The lowest BCUT2D eigenvalue weighted by Crippen LogP contribution is -2.36. The van der Waals surface area contributed by atoms with Crippen LogP contribution in [-0.2, 0) is 13.0 Å². The van der Waals surface area contributed by atoms with Crippen molar-refractivity contribution >= 4 is 17.5 Å². The van der Waals surface area contributed by atoms with Crippen LogP contribution in [0.3, 0.4) is 0 Å². The van der Waals surface area contributed by atoms with E-state index in [4.69, 9.17) is 16.3 Å². The molecule has 0 bridgehead atoms. The van der Waals surface area contributed by atoms with Crippen LogP contribution in [0.15, 0.2) is 24.3 Å². The third-order valence-corrected chi connectivity index (χ3v) is 4.41. The van der Waals surface area contributed by atoms with Crippen LogP contribution in [0.1, 0.15) is 35.1 Å². The van der Waals surface area contributed by atoms with Gasteiger partial charge in [-0.15, -0.1) is 0 Å². The zero-order valence-electron chi connectivity index (χ0n) is 13.6. The molecule has 1 aliphatic heterocycles. The van der Waals surface area contributed by atoms with Gasteiger partial charge >= 0.3 is 0 Å². The highest BCUT2D eigenvalue weighted by Crippen LogP contribution is 2.24. The summed E-state index contributed by atoms with van der Waals surface area (Å²) in [5, 5.41) is 13.8. The van der Waals surface area contributed by atoms with Crippen LogP contribution >= 0.6 is 11.6 Å². The molecule has 1 aromatic carbocycles. The fourth-order valence-corrected chi connectivity index (χ4v) is 2.87. The van der Waals surface area contributed by atoms with Gasteiger partial charge in [-0.3, -0.25) is 9.89 Å². The van der Waals surface area contributed by atoms with E-state index in [-0.39, 0.29) is 12.0 Å².